The Balaban J connectivity index is 2.46. The molecule has 2 nitrogen and oxygen atoms in total. The number of benzene rings is 1. The van der Waals surface area contributed by atoms with Gasteiger partial charge >= 0.3 is 0 Å². The van der Waals surface area contributed by atoms with Crippen LogP contribution in [0.15, 0.2) is 29.6 Å². The zero-order valence-corrected chi connectivity index (χ0v) is 11.0. The molecule has 1 aromatic heterocycles. The fourth-order valence-electron chi connectivity index (χ4n) is 1.87. The van der Waals surface area contributed by atoms with Gasteiger partial charge in [-0.05, 0) is 43.0 Å². The summed E-state index contributed by atoms with van der Waals surface area (Å²) in [7, 11) is 1.63. The minimum absolute atomic E-state index is 0.607. The van der Waals surface area contributed by atoms with Crippen LogP contribution in [0.4, 0.5) is 0 Å². The van der Waals surface area contributed by atoms with Gasteiger partial charge in [0.15, 0.2) is 0 Å². The summed E-state index contributed by atoms with van der Waals surface area (Å²) >= 11 is 1.57. The molecule has 0 fully saturated rings. The van der Waals surface area contributed by atoms with Crippen molar-refractivity contribution in [3.05, 3.63) is 51.2 Å². The molecule has 0 saturated heterocycles. The lowest BCUT2D eigenvalue weighted by Crippen LogP contribution is -2.02. The van der Waals surface area contributed by atoms with Crippen LogP contribution in [0.25, 0.3) is 0 Å². The molecule has 1 N–H and O–H groups in total. The highest BCUT2D eigenvalue weighted by atomic mass is 32.1. The second kappa shape index (κ2) is 4.90. The molecule has 3 heteroatoms. The highest BCUT2D eigenvalue weighted by Crippen LogP contribution is 2.34. The molecule has 0 saturated carbocycles. The summed E-state index contributed by atoms with van der Waals surface area (Å²) in [4.78, 5) is 0.980. The zero-order chi connectivity index (χ0) is 12.4. The second-order valence-corrected chi connectivity index (χ2v) is 5.06. The van der Waals surface area contributed by atoms with Crippen LogP contribution in [0.5, 0.6) is 5.75 Å². The van der Waals surface area contributed by atoms with E-state index >= 15 is 0 Å². The molecule has 0 aliphatic rings. The maximum atomic E-state index is 10.4. The molecule has 1 heterocycles. The number of ether oxygens (including phenoxy) is 1. The van der Waals surface area contributed by atoms with E-state index in [9.17, 15) is 5.11 Å². The molecule has 0 aliphatic heterocycles. The molecule has 1 atom stereocenters. The molecule has 0 spiro atoms. The van der Waals surface area contributed by atoms with E-state index in [4.69, 9.17) is 4.74 Å². The molecule has 0 amide bonds. The normalized spacial score (nSPS) is 12.5. The van der Waals surface area contributed by atoms with Crippen LogP contribution in [0.2, 0.25) is 0 Å². The summed E-state index contributed by atoms with van der Waals surface area (Å²) in [6.45, 7) is 4.02. The Hall–Kier alpha value is -1.32. The second-order valence-electron chi connectivity index (χ2n) is 4.12. The van der Waals surface area contributed by atoms with Gasteiger partial charge in [-0.15, -0.1) is 11.3 Å². The van der Waals surface area contributed by atoms with Crippen molar-refractivity contribution in [2.45, 2.75) is 20.0 Å². The number of thiophene rings is 1. The summed E-state index contributed by atoms with van der Waals surface area (Å²) in [5, 5.41) is 12.4. The Morgan fingerprint density at radius 2 is 2.00 bits per heavy atom. The van der Waals surface area contributed by atoms with E-state index in [2.05, 4.69) is 0 Å². The summed E-state index contributed by atoms with van der Waals surface area (Å²) < 4.78 is 5.30. The van der Waals surface area contributed by atoms with Gasteiger partial charge in [-0.1, -0.05) is 11.6 Å². The van der Waals surface area contributed by atoms with Gasteiger partial charge in [0.25, 0.3) is 0 Å². The number of aryl methyl sites for hydroxylation is 2. The summed E-state index contributed by atoms with van der Waals surface area (Å²) in [5.74, 6) is 0.732. The van der Waals surface area contributed by atoms with Crippen LogP contribution in [-0.4, -0.2) is 12.2 Å². The minimum Gasteiger partial charge on any atom is -0.496 e. The quantitative estimate of drug-likeness (QED) is 0.901. The molecular formula is C14H16O2S. The van der Waals surface area contributed by atoms with Crippen LogP contribution in [-0.2, 0) is 0 Å². The van der Waals surface area contributed by atoms with Crippen molar-refractivity contribution in [2.24, 2.45) is 0 Å². The molecule has 90 valence electrons. The molecule has 0 aliphatic carbocycles. The third-order valence-corrected chi connectivity index (χ3v) is 3.90. The van der Waals surface area contributed by atoms with Crippen LogP contribution < -0.4 is 4.74 Å². The van der Waals surface area contributed by atoms with Crippen molar-refractivity contribution in [3.63, 3.8) is 0 Å². The first-order valence-corrected chi connectivity index (χ1v) is 6.38. The predicted molar refractivity (Wildman–Crippen MR) is 70.8 cm³/mol. The van der Waals surface area contributed by atoms with Gasteiger partial charge in [0, 0.05) is 10.4 Å². The van der Waals surface area contributed by atoms with Crippen LogP contribution in [0.3, 0.4) is 0 Å². The first kappa shape index (κ1) is 12.1. The number of hydrogen-bond acceptors (Lipinski definition) is 3. The Kier molecular flexibility index (Phi) is 3.50. The van der Waals surface area contributed by atoms with E-state index in [1.165, 1.54) is 0 Å². The number of hydrogen-bond donors (Lipinski definition) is 1. The Morgan fingerprint density at radius 1 is 1.24 bits per heavy atom. The van der Waals surface area contributed by atoms with Crippen LogP contribution in [0.1, 0.15) is 27.7 Å². The lowest BCUT2D eigenvalue weighted by atomic mass is 10.0. The van der Waals surface area contributed by atoms with Gasteiger partial charge in [0.05, 0.1) is 7.11 Å². The largest absolute Gasteiger partial charge is 0.496 e. The molecule has 17 heavy (non-hydrogen) atoms. The van der Waals surface area contributed by atoms with E-state index in [0.29, 0.717) is 0 Å². The van der Waals surface area contributed by atoms with Gasteiger partial charge in [-0.2, -0.15) is 0 Å². The lowest BCUT2D eigenvalue weighted by molar-refractivity contribution is 0.217. The van der Waals surface area contributed by atoms with E-state index in [1.54, 1.807) is 18.4 Å². The number of rotatable bonds is 3. The lowest BCUT2D eigenvalue weighted by Gasteiger charge is -2.15. The van der Waals surface area contributed by atoms with E-state index in [-0.39, 0.29) is 0 Å². The van der Waals surface area contributed by atoms with Gasteiger partial charge in [-0.3, -0.25) is 0 Å². The van der Waals surface area contributed by atoms with Crippen LogP contribution in [0, 0.1) is 13.8 Å². The van der Waals surface area contributed by atoms with Crippen LogP contribution >= 0.6 is 11.3 Å². The maximum absolute atomic E-state index is 10.4. The van der Waals surface area contributed by atoms with Gasteiger partial charge in [-0.25, -0.2) is 0 Å². The van der Waals surface area contributed by atoms with Crippen molar-refractivity contribution in [3.8, 4) is 5.75 Å². The molecule has 0 radical (unpaired) electrons. The zero-order valence-electron chi connectivity index (χ0n) is 10.2. The third kappa shape index (κ3) is 2.35. The fourth-order valence-corrected chi connectivity index (χ4v) is 2.80. The maximum Gasteiger partial charge on any atom is 0.125 e. The standard InChI is InChI=1S/C14H16O2S/c1-9-4-5-12(16-3)11(8-9)13(15)14-10(2)6-7-17-14/h4-8,13,15H,1-3H3. The average molecular weight is 248 g/mol. The fraction of sp³-hybridized carbons (Fsp3) is 0.286. The number of aliphatic hydroxyl groups is 1. The molecule has 1 unspecified atom stereocenters. The summed E-state index contributed by atoms with van der Waals surface area (Å²) in [5.41, 5.74) is 3.07. The summed E-state index contributed by atoms with van der Waals surface area (Å²) in [6.07, 6.45) is -0.607. The van der Waals surface area contributed by atoms with Crippen molar-refractivity contribution < 1.29 is 9.84 Å². The molecule has 1 aromatic carbocycles. The molecule has 0 bridgehead atoms. The van der Waals surface area contributed by atoms with Crippen molar-refractivity contribution in [1.29, 1.82) is 0 Å². The first-order valence-electron chi connectivity index (χ1n) is 5.50. The predicted octanol–water partition coefficient (Wildman–Crippen LogP) is 3.46. The third-order valence-electron chi connectivity index (χ3n) is 2.83. The highest BCUT2D eigenvalue weighted by molar-refractivity contribution is 7.10. The van der Waals surface area contributed by atoms with E-state index in [0.717, 1.165) is 27.3 Å². The monoisotopic (exact) mass is 248 g/mol. The highest BCUT2D eigenvalue weighted by Gasteiger charge is 2.18. The van der Waals surface area contributed by atoms with Gasteiger partial charge in [0.1, 0.15) is 11.9 Å². The summed E-state index contributed by atoms with van der Waals surface area (Å²) in [6, 6.07) is 7.88. The topological polar surface area (TPSA) is 29.5 Å². The molecule has 2 rings (SSSR count). The Labute approximate surface area is 105 Å². The van der Waals surface area contributed by atoms with E-state index < -0.39 is 6.10 Å². The SMILES string of the molecule is COc1ccc(C)cc1C(O)c1sccc1C. The smallest absolute Gasteiger partial charge is 0.125 e. The number of aliphatic hydroxyl groups excluding tert-OH is 1. The minimum atomic E-state index is -0.607. The average Bonchev–Trinajstić information content (AvgIpc) is 2.74. The van der Waals surface area contributed by atoms with Crippen molar-refractivity contribution in [1.82, 2.24) is 0 Å². The van der Waals surface area contributed by atoms with Crippen molar-refractivity contribution in [2.75, 3.05) is 7.11 Å². The van der Waals surface area contributed by atoms with Gasteiger partial charge in [0.2, 0.25) is 0 Å². The molecular weight excluding hydrogens is 232 g/mol. The van der Waals surface area contributed by atoms with Crippen molar-refractivity contribution >= 4 is 11.3 Å². The number of methoxy groups -OCH3 is 1. The van der Waals surface area contributed by atoms with E-state index in [1.807, 2.05) is 43.5 Å². The molecule has 2 aromatic rings. The Morgan fingerprint density at radius 3 is 2.59 bits per heavy atom. The Bertz CT molecular complexity index is 517. The van der Waals surface area contributed by atoms with Gasteiger partial charge < -0.3 is 9.84 Å². The first-order chi connectivity index (χ1) is 8.13.